The van der Waals surface area contributed by atoms with Gasteiger partial charge in [-0.15, -0.1) is 0 Å². The topological polar surface area (TPSA) is 63.6 Å². The van der Waals surface area contributed by atoms with Crippen LogP contribution in [0.5, 0.6) is 0 Å². The fourth-order valence-corrected chi connectivity index (χ4v) is 0.819. The van der Waals surface area contributed by atoms with Gasteiger partial charge in [-0.05, 0) is 6.42 Å². The summed E-state index contributed by atoms with van der Waals surface area (Å²) in [5.41, 5.74) is 0. The van der Waals surface area contributed by atoms with E-state index in [0.29, 0.717) is 6.61 Å². The van der Waals surface area contributed by atoms with Gasteiger partial charge in [-0.1, -0.05) is 19.8 Å². The molecule has 0 aromatic carbocycles. The van der Waals surface area contributed by atoms with E-state index in [1.54, 1.807) is 0 Å². The zero-order chi connectivity index (χ0) is 10.1. The van der Waals surface area contributed by atoms with Gasteiger partial charge in [0.15, 0.2) is 0 Å². The standard InChI is InChI=1S/C9H16O4.Mg.2H/c1-2-3-4-7-13-9(12)6-5-8(10)11;;;/h2-7H2,1H3,(H,10,11);;;. The van der Waals surface area contributed by atoms with E-state index < -0.39 is 11.9 Å². The van der Waals surface area contributed by atoms with Gasteiger partial charge < -0.3 is 9.84 Å². The van der Waals surface area contributed by atoms with Crippen molar-refractivity contribution >= 4 is 35.0 Å². The maximum absolute atomic E-state index is 10.8. The quantitative estimate of drug-likeness (QED) is 0.384. The number of ether oxygens (including phenoxy) is 1. The molecule has 80 valence electrons. The van der Waals surface area contributed by atoms with E-state index in [0.717, 1.165) is 19.3 Å². The highest BCUT2D eigenvalue weighted by atomic mass is 24.3. The van der Waals surface area contributed by atoms with Gasteiger partial charge in [-0.2, -0.15) is 0 Å². The fraction of sp³-hybridized carbons (Fsp3) is 0.778. The molecule has 0 rings (SSSR count). The number of carbonyl (C=O) groups excluding carboxylic acids is 1. The van der Waals surface area contributed by atoms with Gasteiger partial charge in [0.25, 0.3) is 0 Å². The zero-order valence-electron chi connectivity index (χ0n) is 7.91. The van der Waals surface area contributed by atoms with Crippen molar-refractivity contribution in [1.29, 1.82) is 0 Å². The first kappa shape index (κ1) is 16.1. The van der Waals surface area contributed by atoms with Crippen molar-refractivity contribution in [3.05, 3.63) is 0 Å². The van der Waals surface area contributed by atoms with Crippen LogP contribution in [0.25, 0.3) is 0 Å². The Bertz CT molecular complexity index is 170. The second-order valence-corrected chi connectivity index (χ2v) is 2.82. The van der Waals surface area contributed by atoms with Crippen molar-refractivity contribution < 1.29 is 19.4 Å². The molecule has 0 fully saturated rings. The third-order valence-corrected chi connectivity index (χ3v) is 1.55. The van der Waals surface area contributed by atoms with Crippen molar-refractivity contribution in [2.75, 3.05) is 6.61 Å². The van der Waals surface area contributed by atoms with Gasteiger partial charge in [-0.25, -0.2) is 0 Å². The van der Waals surface area contributed by atoms with E-state index in [-0.39, 0.29) is 35.9 Å². The molecule has 1 N–H and O–H groups in total. The van der Waals surface area contributed by atoms with Gasteiger partial charge in [0.05, 0.1) is 19.4 Å². The maximum atomic E-state index is 10.8. The minimum absolute atomic E-state index is 0. The monoisotopic (exact) mass is 214 g/mol. The molecule has 0 unspecified atom stereocenters. The lowest BCUT2D eigenvalue weighted by atomic mass is 10.3. The highest BCUT2D eigenvalue weighted by molar-refractivity contribution is 5.76. The minimum atomic E-state index is -0.967. The van der Waals surface area contributed by atoms with E-state index in [1.165, 1.54) is 0 Å². The predicted octanol–water partition coefficient (Wildman–Crippen LogP) is 0.668. The van der Waals surface area contributed by atoms with Crippen LogP contribution in [0, 0.1) is 0 Å². The molecular weight excluding hydrogens is 196 g/mol. The molecule has 4 nitrogen and oxygen atoms in total. The number of esters is 1. The van der Waals surface area contributed by atoms with E-state index >= 15 is 0 Å². The summed E-state index contributed by atoms with van der Waals surface area (Å²) in [5, 5.41) is 8.26. The van der Waals surface area contributed by atoms with Crippen molar-refractivity contribution in [2.45, 2.75) is 39.0 Å². The van der Waals surface area contributed by atoms with E-state index in [9.17, 15) is 9.59 Å². The lowest BCUT2D eigenvalue weighted by Crippen LogP contribution is -2.08. The number of hydrogen-bond donors (Lipinski definition) is 1. The molecule has 14 heavy (non-hydrogen) atoms. The number of carboxylic acids is 1. The second-order valence-electron chi connectivity index (χ2n) is 2.82. The Balaban J connectivity index is 0. The fourth-order valence-electron chi connectivity index (χ4n) is 0.819. The van der Waals surface area contributed by atoms with Crippen molar-refractivity contribution in [3.8, 4) is 0 Å². The van der Waals surface area contributed by atoms with Crippen LogP contribution in [-0.2, 0) is 14.3 Å². The van der Waals surface area contributed by atoms with Crippen LogP contribution in [-0.4, -0.2) is 46.7 Å². The predicted molar refractivity (Wildman–Crippen MR) is 55.9 cm³/mol. The summed E-state index contributed by atoms with van der Waals surface area (Å²) in [6, 6.07) is 0. The largest absolute Gasteiger partial charge is 0.481 e. The zero-order valence-corrected chi connectivity index (χ0v) is 7.91. The van der Waals surface area contributed by atoms with Gasteiger partial charge in [-0.3, -0.25) is 9.59 Å². The smallest absolute Gasteiger partial charge is 0.316 e. The molecule has 0 radical (unpaired) electrons. The Morgan fingerprint density at radius 3 is 2.36 bits per heavy atom. The van der Waals surface area contributed by atoms with Crippen LogP contribution in [0.4, 0.5) is 0 Å². The number of carbonyl (C=O) groups is 2. The number of carboxylic acid groups (broad SMARTS) is 1. The Labute approximate surface area is 100 Å². The van der Waals surface area contributed by atoms with Gasteiger partial charge in [0, 0.05) is 0 Å². The Hall–Kier alpha value is -0.294. The molecule has 0 aromatic heterocycles. The molecule has 5 heteroatoms. The second kappa shape index (κ2) is 10.8. The number of unbranched alkanes of at least 4 members (excludes halogenated alkanes) is 2. The van der Waals surface area contributed by atoms with Gasteiger partial charge in [0.1, 0.15) is 0 Å². The molecule has 0 aromatic rings. The molecule has 0 atom stereocenters. The van der Waals surface area contributed by atoms with Crippen LogP contribution >= 0.6 is 0 Å². The minimum Gasteiger partial charge on any atom is -0.481 e. The van der Waals surface area contributed by atoms with Crippen LogP contribution in [0.2, 0.25) is 0 Å². The molecule has 0 amide bonds. The Kier molecular flexibility index (Phi) is 12.4. The lowest BCUT2D eigenvalue weighted by molar-refractivity contribution is -0.147. The van der Waals surface area contributed by atoms with Gasteiger partial charge >= 0.3 is 35.0 Å². The summed E-state index contributed by atoms with van der Waals surface area (Å²) in [5.74, 6) is -1.39. The number of aliphatic carboxylic acids is 1. The van der Waals surface area contributed by atoms with Crippen molar-refractivity contribution in [3.63, 3.8) is 0 Å². The summed E-state index contributed by atoms with van der Waals surface area (Å²) >= 11 is 0. The first-order valence-electron chi connectivity index (χ1n) is 4.54. The van der Waals surface area contributed by atoms with Crippen LogP contribution in [0.15, 0.2) is 0 Å². The highest BCUT2D eigenvalue weighted by Crippen LogP contribution is 1.97. The SMILES string of the molecule is CCCCCOC(=O)CCC(=O)O.[MgH2]. The first-order chi connectivity index (χ1) is 6.16. The summed E-state index contributed by atoms with van der Waals surface area (Å²) in [6.45, 7) is 2.47. The van der Waals surface area contributed by atoms with E-state index in [1.807, 2.05) is 0 Å². The summed E-state index contributed by atoms with van der Waals surface area (Å²) in [7, 11) is 0. The Morgan fingerprint density at radius 1 is 1.21 bits per heavy atom. The molecular formula is C9H18MgO4. The average molecular weight is 215 g/mol. The molecule has 0 spiro atoms. The van der Waals surface area contributed by atoms with Crippen LogP contribution in [0.3, 0.4) is 0 Å². The first-order valence-corrected chi connectivity index (χ1v) is 4.54. The third kappa shape index (κ3) is 11.7. The lowest BCUT2D eigenvalue weighted by Gasteiger charge is -2.02. The number of rotatable bonds is 7. The molecule has 0 aliphatic carbocycles. The highest BCUT2D eigenvalue weighted by Gasteiger charge is 2.05. The summed E-state index contributed by atoms with van der Waals surface area (Å²) < 4.78 is 4.79. The molecule has 0 aliphatic heterocycles. The molecule has 0 heterocycles. The number of hydrogen-bond acceptors (Lipinski definition) is 3. The molecule has 0 bridgehead atoms. The summed E-state index contributed by atoms with van der Waals surface area (Å²) in [4.78, 5) is 20.9. The molecule has 0 saturated heterocycles. The third-order valence-electron chi connectivity index (χ3n) is 1.55. The molecule has 0 aliphatic rings. The van der Waals surface area contributed by atoms with Crippen LogP contribution < -0.4 is 0 Å². The molecule has 0 saturated carbocycles. The van der Waals surface area contributed by atoms with E-state index in [4.69, 9.17) is 9.84 Å². The average Bonchev–Trinajstić information content (AvgIpc) is 2.09. The maximum Gasteiger partial charge on any atom is 0.316 e. The van der Waals surface area contributed by atoms with Gasteiger partial charge in [0.2, 0.25) is 0 Å². The van der Waals surface area contributed by atoms with Crippen LogP contribution in [0.1, 0.15) is 39.0 Å². The van der Waals surface area contributed by atoms with Crippen molar-refractivity contribution in [1.82, 2.24) is 0 Å². The normalized spacial score (nSPS) is 8.93. The van der Waals surface area contributed by atoms with E-state index in [2.05, 4.69) is 6.92 Å². The summed E-state index contributed by atoms with van der Waals surface area (Å²) in [6.07, 6.45) is 2.79. The Morgan fingerprint density at radius 2 is 1.86 bits per heavy atom. The van der Waals surface area contributed by atoms with Crippen molar-refractivity contribution in [2.24, 2.45) is 0 Å².